The SMILES string of the molecule is CN(C(=O)COC(=O)c1cc(-c2ccccc2Cl)nc2ccccc12)[C@H]1CCS(=O)(=O)C1. The molecule has 2 heterocycles. The lowest BCUT2D eigenvalue weighted by molar-refractivity contribution is -0.134. The van der Waals surface area contributed by atoms with E-state index in [4.69, 9.17) is 16.3 Å². The molecule has 1 fully saturated rings. The summed E-state index contributed by atoms with van der Waals surface area (Å²) >= 11 is 6.31. The predicted octanol–water partition coefficient (Wildman–Crippen LogP) is 3.36. The van der Waals surface area contributed by atoms with Crippen LogP contribution in [0, 0.1) is 0 Å². The van der Waals surface area contributed by atoms with Gasteiger partial charge in [-0.1, -0.05) is 48.0 Å². The average Bonchev–Trinajstić information content (AvgIpc) is 3.15. The molecule has 0 unspecified atom stereocenters. The summed E-state index contributed by atoms with van der Waals surface area (Å²) in [6.45, 7) is -0.482. The number of rotatable bonds is 5. The number of likely N-dealkylation sites (N-methyl/N-ethyl adjacent to an activating group) is 1. The van der Waals surface area contributed by atoms with Crippen LogP contribution in [0.25, 0.3) is 22.2 Å². The average molecular weight is 473 g/mol. The van der Waals surface area contributed by atoms with Gasteiger partial charge in [0.05, 0.1) is 28.3 Å². The van der Waals surface area contributed by atoms with Crippen LogP contribution in [0.15, 0.2) is 54.6 Å². The molecule has 4 rings (SSSR count). The lowest BCUT2D eigenvalue weighted by Crippen LogP contribution is -2.40. The van der Waals surface area contributed by atoms with Crippen molar-refractivity contribution in [3.05, 3.63) is 65.2 Å². The van der Waals surface area contributed by atoms with Crippen LogP contribution in [0.4, 0.5) is 0 Å². The quantitative estimate of drug-likeness (QED) is 0.528. The number of aromatic nitrogens is 1. The van der Waals surface area contributed by atoms with Crippen LogP contribution in [0.1, 0.15) is 16.8 Å². The van der Waals surface area contributed by atoms with E-state index in [9.17, 15) is 18.0 Å². The topological polar surface area (TPSA) is 93.6 Å². The van der Waals surface area contributed by atoms with Crippen LogP contribution in [-0.2, 0) is 19.4 Å². The molecule has 166 valence electrons. The van der Waals surface area contributed by atoms with Gasteiger partial charge in [-0.15, -0.1) is 0 Å². The number of carbonyl (C=O) groups excluding carboxylic acids is 2. The van der Waals surface area contributed by atoms with Crippen molar-refractivity contribution in [2.45, 2.75) is 12.5 Å². The summed E-state index contributed by atoms with van der Waals surface area (Å²) in [7, 11) is -1.60. The number of halogens is 1. The number of hydrogen-bond acceptors (Lipinski definition) is 6. The van der Waals surface area contributed by atoms with Crippen molar-refractivity contribution in [1.82, 2.24) is 9.88 Å². The first kappa shape index (κ1) is 22.2. The summed E-state index contributed by atoms with van der Waals surface area (Å²) in [4.78, 5) is 31.4. The van der Waals surface area contributed by atoms with Gasteiger partial charge in [-0.05, 0) is 24.6 Å². The van der Waals surface area contributed by atoms with E-state index in [1.165, 1.54) is 11.9 Å². The van der Waals surface area contributed by atoms with Crippen molar-refractivity contribution < 1.29 is 22.7 Å². The van der Waals surface area contributed by atoms with Crippen molar-refractivity contribution in [3.8, 4) is 11.3 Å². The van der Waals surface area contributed by atoms with Gasteiger partial charge in [-0.25, -0.2) is 18.2 Å². The Kier molecular flexibility index (Phi) is 6.17. The highest BCUT2D eigenvalue weighted by Gasteiger charge is 2.33. The largest absolute Gasteiger partial charge is 0.452 e. The third kappa shape index (κ3) is 4.61. The lowest BCUT2D eigenvalue weighted by atomic mass is 10.0. The van der Waals surface area contributed by atoms with E-state index < -0.39 is 34.4 Å². The molecule has 0 bridgehead atoms. The number of sulfone groups is 1. The standard InChI is InChI=1S/C23H21ClN2O5S/c1-26(15-10-11-32(29,30)14-15)22(27)13-31-23(28)18-12-21(17-7-2-4-8-19(17)24)25-20-9-5-3-6-16(18)20/h2-9,12,15H,10-11,13-14H2,1H3/t15-/m0/s1. The van der Waals surface area contributed by atoms with Gasteiger partial charge in [-0.3, -0.25) is 4.79 Å². The molecule has 0 saturated carbocycles. The van der Waals surface area contributed by atoms with Crippen LogP contribution >= 0.6 is 11.6 Å². The van der Waals surface area contributed by atoms with Gasteiger partial charge in [0.25, 0.3) is 5.91 Å². The van der Waals surface area contributed by atoms with Crippen LogP contribution in [0.2, 0.25) is 5.02 Å². The van der Waals surface area contributed by atoms with Crippen LogP contribution in [0.5, 0.6) is 0 Å². The molecule has 0 aliphatic carbocycles. The van der Waals surface area contributed by atoms with Gasteiger partial charge in [0.1, 0.15) is 0 Å². The molecule has 0 radical (unpaired) electrons. The summed E-state index contributed by atoms with van der Waals surface area (Å²) < 4.78 is 28.7. The molecule has 1 aromatic heterocycles. The summed E-state index contributed by atoms with van der Waals surface area (Å²) in [5.74, 6) is -1.13. The predicted molar refractivity (Wildman–Crippen MR) is 122 cm³/mol. The molecule has 0 N–H and O–H groups in total. The van der Waals surface area contributed by atoms with E-state index in [-0.39, 0.29) is 17.1 Å². The first-order valence-electron chi connectivity index (χ1n) is 10.0. The summed E-state index contributed by atoms with van der Waals surface area (Å²) in [6, 6.07) is 15.5. The van der Waals surface area contributed by atoms with Gasteiger partial charge in [0.15, 0.2) is 16.4 Å². The van der Waals surface area contributed by atoms with Crippen LogP contribution in [-0.4, -0.2) is 61.4 Å². The van der Waals surface area contributed by atoms with Crippen LogP contribution < -0.4 is 0 Å². The van der Waals surface area contributed by atoms with Crippen LogP contribution in [0.3, 0.4) is 0 Å². The molecule has 2 aromatic carbocycles. The van der Waals surface area contributed by atoms with Crippen molar-refractivity contribution in [3.63, 3.8) is 0 Å². The highest BCUT2D eigenvalue weighted by atomic mass is 35.5. The van der Waals surface area contributed by atoms with Gasteiger partial charge in [0, 0.05) is 29.1 Å². The number of pyridine rings is 1. The summed E-state index contributed by atoms with van der Waals surface area (Å²) in [5, 5.41) is 1.09. The van der Waals surface area contributed by atoms with Crippen molar-refractivity contribution >= 4 is 44.2 Å². The molecule has 3 aromatic rings. The fourth-order valence-corrected chi connectivity index (χ4v) is 5.75. The van der Waals surface area contributed by atoms with E-state index in [1.54, 1.807) is 36.4 Å². The van der Waals surface area contributed by atoms with Gasteiger partial charge >= 0.3 is 5.97 Å². The molecule has 7 nitrogen and oxygen atoms in total. The first-order chi connectivity index (χ1) is 15.2. The second-order valence-corrected chi connectivity index (χ2v) is 10.3. The Morgan fingerprint density at radius 2 is 1.88 bits per heavy atom. The third-order valence-electron chi connectivity index (χ3n) is 5.56. The Bertz CT molecular complexity index is 1310. The van der Waals surface area contributed by atoms with Gasteiger partial charge in [-0.2, -0.15) is 0 Å². The summed E-state index contributed by atoms with van der Waals surface area (Å²) in [5.41, 5.74) is 2.05. The molecule has 1 aliphatic heterocycles. The Labute approximate surface area is 190 Å². The fourth-order valence-electron chi connectivity index (χ4n) is 3.74. The second kappa shape index (κ2) is 8.88. The maximum Gasteiger partial charge on any atom is 0.339 e. The number of hydrogen-bond donors (Lipinski definition) is 0. The number of benzene rings is 2. The Hall–Kier alpha value is -2.97. The number of nitrogens with zero attached hydrogens (tertiary/aromatic N) is 2. The van der Waals surface area contributed by atoms with Gasteiger partial charge < -0.3 is 9.64 Å². The Balaban J connectivity index is 1.57. The summed E-state index contributed by atoms with van der Waals surface area (Å²) in [6.07, 6.45) is 0.384. The van der Waals surface area contributed by atoms with Crippen molar-refractivity contribution in [2.24, 2.45) is 0 Å². The molecule has 1 amide bonds. The minimum absolute atomic E-state index is 0.0584. The van der Waals surface area contributed by atoms with E-state index in [1.807, 2.05) is 18.2 Å². The molecule has 32 heavy (non-hydrogen) atoms. The number of ether oxygens (including phenoxy) is 1. The number of carbonyl (C=O) groups is 2. The zero-order chi connectivity index (χ0) is 22.9. The van der Waals surface area contributed by atoms with E-state index in [0.29, 0.717) is 33.6 Å². The van der Waals surface area contributed by atoms with E-state index in [2.05, 4.69) is 4.98 Å². The second-order valence-electron chi connectivity index (χ2n) is 7.69. The normalized spacial score (nSPS) is 17.2. The molecule has 1 aliphatic rings. The monoisotopic (exact) mass is 472 g/mol. The Morgan fingerprint density at radius 1 is 1.16 bits per heavy atom. The zero-order valence-corrected chi connectivity index (χ0v) is 18.9. The van der Waals surface area contributed by atoms with E-state index in [0.717, 1.165) is 0 Å². The van der Waals surface area contributed by atoms with Crippen molar-refractivity contribution in [1.29, 1.82) is 0 Å². The highest BCUT2D eigenvalue weighted by molar-refractivity contribution is 7.91. The minimum Gasteiger partial charge on any atom is -0.452 e. The highest BCUT2D eigenvalue weighted by Crippen LogP contribution is 2.30. The molecule has 0 spiro atoms. The molecular weight excluding hydrogens is 452 g/mol. The Morgan fingerprint density at radius 3 is 2.59 bits per heavy atom. The maximum absolute atomic E-state index is 12.9. The molecule has 1 saturated heterocycles. The number of esters is 1. The number of fused-ring (bicyclic) bond motifs is 1. The maximum atomic E-state index is 12.9. The zero-order valence-electron chi connectivity index (χ0n) is 17.3. The first-order valence-corrected chi connectivity index (χ1v) is 12.2. The number of amides is 1. The minimum atomic E-state index is -3.13. The van der Waals surface area contributed by atoms with Crippen molar-refractivity contribution in [2.75, 3.05) is 25.2 Å². The van der Waals surface area contributed by atoms with E-state index >= 15 is 0 Å². The molecule has 1 atom stereocenters. The fraction of sp³-hybridized carbons (Fsp3) is 0.261. The van der Waals surface area contributed by atoms with Gasteiger partial charge in [0.2, 0.25) is 0 Å². The molecular formula is C23H21ClN2O5S. The smallest absolute Gasteiger partial charge is 0.339 e. The number of para-hydroxylation sites is 1. The lowest BCUT2D eigenvalue weighted by Gasteiger charge is -2.23. The third-order valence-corrected chi connectivity index (χ3v) is 7.64. The molecule has 9 heteroatoms.